The highest BCUT2D eigenvalue weighted by Gasteiger charge is 1.91. The lowest BCUT2D eigenvalue weighted by Crippen LogP contribution is -2.07. The van der Waals surface area contributed by atoms with Crippen LogP contribution in [0.15, 0.2) is 24.3 Å². The molecule has 0 aliphatic heterocycles. The molecule has 0 bridgehead atoms. The van der Waals surface area contributed by atoms with Gasteiger partial charge in [0.05, 0.1) is 0 Å². The van der Waals surface area contributed by atoms with Crippen LogP contribution in [0.5, 0.6) is 0 Å². The molecule has 1 aromatic rings. The fourth-order valence-electron chi connectivity index (χ4n) is 0.574. The third-order valence-corrected chi connectivity index (χ3v) is 1.50. The van der Waals surface area contributed by atoms with Crippen molar-refractivity contribution in [2.75, 3.05) is 0 Å². The SMILES string of the molecule is Fc1cccc([B]Br)c1. The van der Waals surface area contributed by atoms with Crippen molar-refractivity contribution in [3.63, 3.8) is 0 Å². The van der Waals surface area contributed by atoms with Crippen molar-refractivity contribution in [1.29, 1.82) is 0 Å². The maximum absolute atomic E-state index is 12.3. The van der Waals surface area contributed by atoms with E-state index in [0.717, 1.165) is 5.46 Å². The van der Waals surface area contributed by atoms with Gasteiger partial charge in [0.15, 0.2) is 0 Å². The molecular formula is C6H4BBrF. The van der Waals surface area contributed by atoms with Crippen molar-refractivity contribution < 1.29 is 4.39 Å². The molecule has 0 unspecified atom stereocenters. The Morgan fingerprint density at radius 1 is 1.44 bits per heavy atom. The molecule has 1 rings (SSSR count). The second-order valence-corrected chi connectivity index (χ2v) is 2.12. The largest absolute Gasteiger partial charge is 0.243 e. The predicted octanol–water partition coefficient (Wildman–Crippen LogP) is 1.47. The van der Waals surface area contributed by atoms with Gasteiger partial charge in [-0.1, -0.05) is 17.6 Å². The number of hydrogen-bond donors (Lipinski definition) is 0. The molecule has 0 aromatic heterocycles. The van der Waals surface area contributed by atoms with Crippen LogP contribution >= 0.6 is 15.8 Å². The summed E-state index contributed by atoms with van der Waals surface area (Å²) in [5.74, 6) is -0.205. The van der Waals surface area contributed by atoms with Crippen LogP contribution < -0.4 is 5.46 Å². The van der Waals surface area contributed by atoms with Gasteiger partial charge in [0.2, 0.25) is 6.10 Å². The third kappa shape index (κ3) is 1.82. The van der Waals surface area contributed by atoms with Gasteiger partial charge in [0.25, 0.3) is 0 Å². The van der Waals surface area contributed by atoms with E-state index in [2.05, 4.69) is 15.8 Å². The van der Waals surface area contributed by atoms with E-state index in [1.54, 1.807) is 12.2 Å². The minimum Gasteiger partial charge on any atom is -0.207 e. The Morgan fingerprint density at radius 3 is 2.67 bits per heavy atom. The summed E-state index contributed by atoms with van der Waals surface area (Å²) in [5.41, 5.74) is 0.843. The lowest BCUT2D eigenvalue weighted by molar-refractivity contribution is 0.629. The highest BCUT2D eigenvalue weighted by atomic mass is 79.9. The highest BCUT2D eigenvalue weighted by molar-refractivity contribution is 9.23. The summed E-state index contributed by atoms with van der Waals surface area (Å²) >= 11 is 3.10. The minimum absolute atomic E-state index is 0.205. The Labute approximate surface area is 62.3 Å². The first-order valence-corrected chi connectivity index (χ1v) is 3.43. The van der Waals surface area contributed by atoms with E-state index in [1.165, 1.54) is 12.1 Å². The minimum atomic E-state index is -0.205. The number of rotatable bonds is 1. The van der Waals surface area contributed by atoms with E-state index in [9.17, 15) is 4.39 Å². The van der Waals surface area contributed by atoms with Crippen molar-refractivity contribution in [2.24, 2.45) is 0 Å². The van der Waals surface area contributed by atoms with Gasteiger partial charge in [-0.05, 0) is 12.1 Å². The average molecular weight is 186 g/mol. The molecular weight excluding hydrogens is 182 g/mol. The molecule has 0 saturated heterocycles. The summed E-state index contributed by atoms with van der Waals surface area (Å²) in [6.07, 6.45) is 1.68. The lowest BCUT2D eigenvalue weighted by Gasteiger charge is -1.90. The Bertz CT molecular complexity index is 202. The maximum Gasteiger partial charge on any atom is 0.243 e. The predicted molar refractivity (Wildman–Crippen MR) is 40.7 cm³/mol. The molecule has 0 heterocycles. The second-order valence-electron chi connectivity index (χ2n) is 1.66. The van der Waals surface area contributed by atoms with Crippen molar-refractivity contribution in [3.8, 4) is 0 Å². The van der Waals surface area contributed by atoms with Crippen LogP contribution in [-0.4, -0.2) is 6.10 Å². The van der Waals surface area contributed by atoms with E-state index in [4.69, 9.17) is 0 Å². The Hall–Kier alpha value is -0.305. The quantitative estimate of drug-likeness (QED) is 0.582. The lowest BCUT2D eigenvalue weighted by atomic mass is 9.96. The van der Waals surface area contributed by atoms with Gasteiger partial charge in [-0.2, -0.15) is 15.8 Å². The zero-order valence-electron chi connectivity index (χ0n) is 4.64. The molecule has 0 fully saturated rings. The van der Waals surface area contributed by atoms with Crippen LogP contribution in [0.4, 0.5) is 4.39 Å². The average Bonchev–Trinajstić information content (AvgIpc) is 1.88. The van der Waals surface area contributed by atoms with Crippen LogP contribution in [0, 0.1) is 5.82 Å². The van der Waals surface area contributed by atoms with Gasteiger partial charge in [-0.25, -0.2) is 4.39 Å². The topological polar surface area (TPSA) is 0 Å². The molecule has 0 nitrogen and oxygen atoms in total. The molecule has 3 heteroatoms. The fourth-order valence-corrected chi connectivity index (χ4v) is 0.859. The molecule has 0 amide bonds. The highest BCUT2D eigenvalue weighted by Crippen LogP contribution is 1.92. The molecule has 0 saturated carbocycles. The molecule has 0 spiro atoms. The van der Waals surface area contributed by atoms with Crippen LogP contribution in [0.2, 0.25) is 0 Å². The Morgan fingerprint density at radius 2 is 2.22 bits per heavy atom. The molecule has 0 atom stereocenters. The number of hydrogen-bond acceptors (Lipinski definition) is 0. The summed E-state index contributed by atoms with van der Waals surface area (Å²) < 4.78 is 12.3. The summed E-state index contributed by atoms with van der Waals surface area (Å²) in [6, 6.07) is 6.36. The Balaban J connectivity index is 2.94. The van der Waals surface area contributed by atoms with Crippen LogP contribution in [0.1, 0.15) is 0 Å². The summed E-state index contributed by atoms with van der Waals surface area (Å²) in [6.45, 7) is 0. The van der Waals surface area contributed by atoms with Crippen molar-refractivity contribution in [3.05, 3.63) is 30.1 Å². The van der Waals surface area contributed by atoms with E-state index in [0.29, 0.717) is 0 Å². The van der Waals surface area contributed by atoms with Gasteiger partial charge >= 0.3 is 0 Å². The normalized spacial score (nSPS) is 9.11. The molecule has 0 aliphatic rings. The molecule has 0 aliphatic carbocycles. The van der Waals surface area contributed by atoms with Crippen LogP contribution in [0.25, 0.3) is 0 Å². The van der Waals surface area contributed by atoms with Crippen LogP contribution in [0.3, 0.4) is 0 Å². The number of halogens is 2. The van der Waals surface area contributed by atoms with E-state index >= 15 is 0 Å². The zero-order valence-corrected chi connectivity index (χ0v) is 6.23. The smallest absolute Gasteiger partial charge is 0.207 e. The zero-order chi connectivity index (χ0) is 6.69. The van der Waals surface area contributed by atoms with E-state index < -0.39 is 0 Å². The third-order valence-electron chi connectivity index (χ3n) is 0.975. The molecule has 1 radical (unpaired) electrons. The first-order chi connectivity index (χ1) is 4.33. The van der Waals surface area contributed by atoms with Gasteiger partial charge < -0.3 is 0 Å². The standard InChI is InChI=1S/C6H4BBrF/c8-7-5-2-1-3-6(9)4-5/h1-4H. The Kier molecular flexibility index (Phi) is 2.28. The maximum atomic E-state index is 12.3. The summed E-state index contributed by atoms with van der Waals surface area (Å²) in [5, 5.41) is 0. The molecule has 9 heavy (non-hydrogen) atoms. The van der Waals surface area contributed by atoms with Gasteiger partial charge in [0, 0.05) is 0 Å². The monoisotopic (exact) mass is 185 g/mol. The van der Waals surface area contributed by atoms with E-state index in [-0.39, 0.29) is 5.82 Å². The second kappa shape index (κ2) is 3.02. The van der Waals surface area contributed by atoms with Crippen molar-refractivity contribution >= 4 is 27.3 Å². The fraction of sp³-hybridized carbons (Fsp3) is 0. The summed E-state index contributed by atoms with van der Waals surface area (Å²) in [7, 11) is 0. The van der Waals surface area contributed by atoms with Gasteiger partial charge in [-0.3, -0.25) is 0 Å². The van der Waals surface area contributed by atoms with Gasteiger partial charge in [-0.15, -0.1) is 0 Å². The number of benzene rings is 1. The molecule has 1 aromatic carbocycles. The van der Waals surface area contributed by atoms with E-state index in [1.807, 2.05) is 6.07 Å². The van der Waals surface area contributed by atoms with Crippen molar-refractivity contribution in [1.82, 2.24) is 0 Å². The van der Waals surface area contributed by atoms with Gasteiger partial charge in [0.1, 0.15) is 5.82 Å². The van der Waals surface area contributed by atoms with Crippen molar-refractivity contribution in [2.45, 2.75) is 0 Å². The first kappa shape index (κ1) is 6.81. The molecule has 0 N–H and O–H groups in total. The molecule has 45 valence electrons. The first-order valence-electron chi connectivity index (χ1n) is 2.52. The summed E-state index contributed by atoms with van der Waals surface area (Å²) in [4.78, 5) is 0. The van der Waals surface area contributed by atoms with Crippen LogP contribution in [-0.2, 0) is 0 Å².